The topological polar surface area (TPSA) is 91.9 Å². The molecule has 0 aliphatic heterocycles. The van der Waals surface area contributed by atoms with E-state index in [0.29, 0.717) is 18.9 Å². The van der Waals surface area contributed by atoms with Gasteiger partial charge in [-0.25, -0.2) is 9.78 Å². The highest BCUT2D eigenvalue weighted by molar-refractivity contribution is 5.73. The molecule has 3 N–H and O–H groups in total. The maximum absolute atomic E-state index is 11.6. The number of aryl methyl sites for hydroxylation is 1. The minimum atomic E-state index is -0.492. The second kappa shape index (κ2) is 7.13. The van der Waals surface area contributed by atoms with Crippen LogP contribution in [0.1, 0.15) is 26.6 Å². The molecule has 0 bridgehead atoms. The molecule has 1 heterocycles. The molecule has 0 aliphatic carbocycles. The van der Waals surface area contributed by atoms with Crippen molar-refractivity contribution in [1.29, 1.82) is 0 Å². The number of carbonyl (C=O) groups is 1. The van der Waals surface area contributed by atoms with Crippen LogP contribution in [0.2, 0.25) is 0 Å². The SMILES string of the molecule is Cc1nc(-c2ccccc2NCCNC(=O)OC(C)(C)C)n[nH]1. The molecular weight excluding hydrogens is 294 g/mol. The monoisotopic (exact) mass is 317 g/mol. The van der Waals surface area contributed by atoms with E-state index in [4.69, 9.17) is 4.74 Å². The predicted octanol–water partition coefficient (Wildman–Crippen LogP) is 2.72. The molecule has 7 nitrogen and oxygen atoms in total. The summed E-state index contributed by atoms with van der Waals surface area (Å²) in [6.45, 7) is 8.38. The standard InChI is InChI=1S/C16H23N5O2/c1-11-19-14(21-20-11)12-7-5-6-8-13(12)17-9-10-18-15(22)23-16(2,3)4/h5-8,17H,9-10H2,1-4H3,(H,18,22)(H,19,20,21). The third-order valence-corrected chi connectivity index (χ3v) is 2.87. The lowest BCUT2D eigenvalue weighted by Crippen LogP contribution is -2.35. The summed E-state index contributed by atoms with van der Waals surface area (Å²) in [7, 11) is 0. The van der Waals surface area contributed by atoms with Crippen molar-refractivity contribution < 1.29 is 9.53 Å². The molecule has 1 aromatic carbocycles. The zero-order chi connectivity index (χ0) is 16.9. The van der Waals surface area contributed by atoms with E-state index < -0.39 is 11.7 Å². The van der Waals surface area contributed by atoms with Crippen LogP contribution in [0.3, 0.4) is 0 Å². The van der Waals surface area contributed by atoms with Crippen LogP contribution in [0.5, 0.6) is 0 Å². The fraction of sp³-hybridized carbons (Fsp3) is 0.438. The molecule has 23 heavy (non-hydrogen) atoms. The number of benzene rings is 1. The van der Waals surface area contributed by atoms with Crippen molar-refractivity contribution in [3.63, 3.8) is 0 Å². The summed E-state index contributed by atoms with van der Waals surface area (Å²) in [6, 6.07) is 7.78. The normalized spacial score (nSPS) is 11.1. The molecule has 0 radical (unpaired) electrons. The van der Waals surface area contributed by atoms with Gasteiger partial charge in [-0.1, -0.05) is 12.1 Å². The fourth-order valence-corrected chi connectivity index (χ4v) is 1.97. The summed E-state index contributed by atoms with van der Waals surface area (Å²) in [6.07, 6.45) is -0.419. The molecule has 0 saturated carbocycles. The fourth-order valence-electron chi connectivity index (χ4n) is 1.97. The quantitative estimate of drug-likeness (QED) is 0.737. The summed E-state index contributed by atoms with van der Waals surface area (Å²) < 4.78 is 5.18. The first-order chi connectivity index (χ1) is 10.8. The van der Waals surface area contributed by atoms with Crippen molar-refractivity contribution in [2.24, 2.45) is 0 Å². The van der Waals surface area contributed by atoms with Gasteiger partial charge in [-0.05, 0) is 39.8 Å². The first-order valence-electron chi connectivity index (χ1n) is 7.54. The van der Waals surface area contributed by atoms with Crippen molar-refractivity contribution in [3.8, 4) is 11.4 Å². The lowest BCUT2D eigenvalue weighted by molar-refractivity contribution is 0.0530. The third-order valence-electron chi connectivity index (χ3n) is 2.87. The molecule has 1 amide bonds. The van der Waals surface area contributed by atoms with E-state index in [1.165, 1.54) is 0 Å². The number of carbonyl (C=O) groups excluding carboxylic acids is 1. The second-order valence-corrected chi connectivity index (χ2v) is 6.15. The number of ether oxygens (including phenoxy) is 1. The molecular formula is C16H23N5O2. The Labute approximate surface area is 135 Å². The minimum Gasteiger partial charge on any atom is -0.444 e. The lowest BCUT2D eigenvalue weighted by Gasteiger charge is -2.19. The largest absolute Gasteiger partial charge is 0.444 e. The Morgan fingerprint density at radius 1 is 1.26 bits per heavy atom. The molecule has 0 spiro atoms. The van der Waals surface area contributed by atoms with Gasteiger partial charge in [0.15, 0.2) is 5.82 Å². The number of rotatable bonds is 5. The first kappa shape index (κ1) is 16.8. The molecule has 2 rings (SSSR count). The van der Waals surface area contributed by atoms with Gasteiger partial charge in [0.05, 0.1) is 0 Å². The van der Waals surface area contributed by atoms with Gasteiger partial charge in [0.2, 0.25) is 0 Å². The zero-order valence-electron chi connectivity index (χ0n) is 13.9. The van der Waals surface area contributed by atoms with Gasteiger partial charge in [0.1, 0.15) is 11.4 Å². The van der Waals surface area contributed by atoms with Crippen LogP contribution >= 0.6 is 0 Å². The molecule has 7 heteroatoms. The van der Waals surface area contributed by atoms with Gasteiger partial charge >= 0.3 is 6.09 Å². The van der Waals surface area contributed by atoms with Crippen LogP contribution in [0.25, 0.3) is 11.4 Å². The Kier molecular flexibility index (Phi) is 5.20. The van der Waals surface area contributed by atoms with Gasteiger partial charge in [-0.2, -0.15) is 5.10 Å². The first-order valence-corrected chi connectivity index (χ1v) is 7.54. The highest BCUT2D eigenvalue weighted by Crippen LogP contribution is 2.24. The number of anilines is 1. The van der Waals surface area contributed by atoms with Crippen molar-refractivity contribution in [2.45, 2.75) is 33.3 Å². The van der Waals surface area contributed by atoms with Crippen LogP contribution in [0.15, 0.2) is 24.3 Å². The molecule has 2 aromatic rings. The number of alkyl carbamates (subject to hydrolysis) is 1. The Hall–Kier alpha value is -2.57. The lowest BCUT2D eigenvalue weighted by atomic mass is 10.1. The van der Waals surface area contributed by atoms with Crippen LogP contribution < -0.4 is 10.6 Å². The van der Waals surface area contributed by atoms with Crippen LogP contribution in [-0.2, 0) is 4.74 Å². The molecule has 0 saturated heterocycles. The number of aromatic amines is 1. The molecule has 0 atom stereocenters. The average molecular weight is 317 g/mol. The summed E-state index contributed by atoms with van der Waals surface area (Å²) in [5, 5.41) is 13.0. The number of aromatic nitrogens is 3. The van der Waals surface area contributed by atoms with Gasteiger partial charge in [0, 0.05) is 24.3 Å². The van der Waals surface area contributed by atoms with E-state index in [1.54, 1.807) is 0 Å². The van der Waals surface area contributed by atoms with Crippen LogP contribution in [-0.4, -0.2) is 40.0 Å². The van der Waals surface area contributed by atoms with Gasteiger partial charge < -0.3 is 15.4 Å². The number of para-hydroxylation sites is 1. The predicted molar refractivity (Wildman–Crippen MR) is 89.3 cm³/mol. The summed E-state index contributed by atoms with van der Waals surface area (Å²) >= 11 is 0. The Bertz CT molecular complexity index is 660. The Morgan fingerprint density at radius 2 is 2.00 bits per heavy atom. The molecule has 0 fully saturated rings. The van der Waals surface area contributed by atoms with Gasteiger partial charge in [0.25, 0.3) is 0 Å². The van der Waals surface area contributed by atoms with E-state index in [9.17, 15) is 4.79 Å². The minimum absolute atomic E-state index is 0.419. The van der Waals surface area contributed by atoms with E-state index in [1.807, 2.05) is 52.0 Å². The van der Waals surface area contributed by atoms with Crippen molar-refractivity contribution in [3.05, 3.63) is 30.1 Å². The van der Waals surface area contributed by atoms with Gasteiger partial charge in [-0.3, -0.25) is 5.10 Å². The van der Waals surface area contributed by atoms with Crippen molar-refractivity contribution >= 4 is 11.8 Å². The van der Waals surface area contributed by atoms with Crippen LogP contribution in [0.4, 0.5) is 10.5 Å². The molecule has 124 valence electrons. The number of nitrogens with zero attached hydrogens (tertiary/aromatic N) is 2. The van der Waals surface area contributed by atoms with E-state index in [0.717, 1.165) is 17.1 Å². The van der Waals surface area contributed by atoms with Crippen molar-refractivity contribution in [1.82, 2.24) is 20.5 Å². The number of hydrogen-bond acceptors (Lipinski definition) is 5. The summed E-state index contributed by atoms with van der Waals surface area (Å²) in [5.74, 6) is 1.41. The number of nitrogens with one attached hydrogen (secondary N) is 3. The summed E-state index contributed by atoms with van der Waals surface area (Å²) in [4.78, 5) is 15.9. The Morgan fingerprint density at radius 3 is 2.65 bits per heavy atom. The molecule has 1 aromatic heterocycles. The highest BCUT2D eigenvalue weighted by atomic mass is 16.6. The summed E-state index contributed by atoms with van der Waals surface area (Å²) in [5.41, 5.74) is 1.33. The number of H-pyrrole nitrogens is 1. The van der Waals surface area contributed by atoms with Crippen molar-refractivity contribution in [2.75, 3.05) is 18.4 Å². The highest BCUT2D eigenvalue weighted by Gasteiger charge is 2.15. The average Bonchev–Trinajstić information content (AvgIpc) is 2.88. The van der Waals surface area contributed by atoms with E-state index in [-0.39, 0.29) is 0 Å². The smallest absolute Gasteiger partial charge is 0.407 e. The maximum atomic E-state index is 11.6. The van der Waals surface area contributed by atoms with E-state index in [2.05, 4.69) is 25.8 Å². The second-order valence-electron chi connectivity index (χ2n) is 6.15. The zero-order valence-corrected chi connectivity index (χ0v) is 13.9. The van der Waals surface area contributed by atoms with Gasteiger partial charge in [-0.15, -0.1) is 0 Å². The number of amides is 1. The Balaban J connectivity index is 1.88. The third kappa shape index (κ3) is 5.28. The maximum Gasteiger partial charge on any atom is 0.407 e. The van der Waals surface area contributed by atoms with E-state index >= 15 is 0 Å². The molecule has 0 unspecified atom stereocenters. The van der Waals surface area contributed by atoms with Crippen LogP contribution in [0, 0.1) is 6.92 Å². The molecule has 0 aliphatic rings. The number of hydrogen-bond donors (Lipinski definition) is 3.